The molecule has 0 bridgehead atoms. The standard InChI is InChI=1S/C13H15N5O2/c1-9-5-17(6-10(2)20-9)13(19)7-18-8-16-11(3-14)12(18)4-15/h8-10H,5-7H2,1-2H3/t9-,10-/m1/s1. The van der Waals surface area contributed by atoms with Gasteiger partial charge in [0.2, 0.25) is 5.91 Å². The van der Waals surface area contributed by atoms with Crippen molar-refractivity contribution >= 4 is 5.91 Å². The fourth-order valence-electron chi connectivity index (χ4n) is 2.33. The van der Waals surface area contributed by atoms with Crippen LogP contribution in [0.2, 0.25) is 0 Å². The summed E-state index contributed by atoms with van der Waals surface area (Å²) >= 11 is 0. The quantitative estimate of drug-likeness (QED) is 0.770. The van der Waals surface area contributed by atoms with Crippen LogP contribution in [0.1, 0.15) is 25.2 Å². The molecule has 1 aromatic rings. The highest BCUT2D eigenvalue weighted by Gasteiger charge is 2.26. The van der Waals surface area contributed by atoms with Crippen molar-refractivity contribution in [2.24, 2.45) is 0 Å². The maximum atomic E-state index is 12.3. The Morgan fingerprint density at radius 3 is 2.60 bits per heavy atom. The first-order chi connectivity index (χ1) is 9.55. The van der Waals surface area contributed by atoms with Crippen LogP contribution in [0.4, 0.5) is 0 Å². The van der Waals surface area contributed by atoms with E-state index in [-0.39, 0.29) is 36.0 Å². The molecular formula is C13H15N5O2. The number of nitrogens with zero attached hydrogens (tertiary/aromatic N) is 5. The van der Waals surface area contributed by atoms with Gasteiger partial charge in [-0.05, 0) is 13.8 Å². The van der Waals surface area contributed by atoms with Crippen molar-refractivity contribution in [3.05, 3.63) is 17.7 Å². The second kappa shape index (κ2) is 5.72. The first-order valence-corrected chi connectivity index (χ1v) is 6.33. The highest BCUT2D eigenvalue weighted by molar-refractivity contribution is 5.76. The zero-order valence-electron chi connectivity index (χ0n) is 11.4. The molecule has 0 spiro atoms. The first-order valence-electron chi connectivity index (χ1n) is 6.33. The number of carbonyl (C=O) groups excluding carboxylic acids is 1. The first kappa shape index (κ1) is 14.0. The number of carbonyl (C=O) groups is 1. The smallest absolute Gasteiger partial charge is 0.242 e. The molecule has 0 radical (unpaired) electrons. The minimum Gasteiger partial charge on any atom is -0.372 e. The number of aromatic nitrogens is 2. The second-order valence-corrected chi connectivity index (χ2v) is 4.85. The van der Waals surface area contributed by atoms with E-state index in [1.807, 2.05) is 26.0 Å². The topological polar surface area (TPSA) is 94.9 Å². The fourth-order valence-corrected chi connectivity index (χ4v) is 2.33. The molecule has 20 heavy (non-hydrogen) atoms. The Hall–Kier alpha value is -2.38. The predicted octanol–water partition coefficient (Wildman–Crippen LogP) is 0.262. The van der Waals surface area contributed by atoms with E-state index in [2.05, 4.69) is 4.98 Å². The molecule has 2 rings (SSSR count). The van der Waals surface area contributed by atoms with Crippen molar-refractivity contribution in [2.45, 2.75) is 32.6 Å². The Balaban J connectivity index is 2.11. The summed E-state index contributed by atoms with van der Waals surface area (Å²) in [6.07, 6.45) is 1.34. The van der Waals surface area contributed by atoms with Crippen LogP contribution in [0, 0.1) is 22.7 Å². The van der Waals surface area contributed by atoms with E-state index in [9.17, 15) is 4.79 Å². The van der Waals surface area contributed by atoms with E-state index < -0.39 is 0 Å². The Morgan fingerprint density at radius 2 is 2.05 bits per heavy atom. The van der Waals surface area contributed by atoms with E-state index in [0.29, 0.717) is 13.1 Å². The molecule has 0 aliphatic carbocycles. The molecule has 0 N–H and O–H groups in total. The molecule has 0 aromatic carbocycles. The van der Waals surface area contributed by atoms with E-state index >= 15 is 0 Å². The van der Waals surface area contributed by atoms with Crippen molar-refractivity contribution in [1.82, 2.24) is 14.5 Å². The third-order valence-electron chi connectivity index (χ3n) is 3.13. The number of hydrogen-bond acceptors (Lipinski definition) is 5. The molecule has 104 valence electrons. The maximum Gasteiger partial charge on any atom is 0.242 e. The summed E-state index contributed by atoms with van der Waals surface area (Å²) in [6, 6.07) is 3.74. The van der Waals surface area contributed by atoms with Gasteiger partial charge in [0.25, 0.3) is 0 Å². The third kappa shape index (κ3) is 2.79. The average molecular weight is 273 g/mol. The largest absolute Gasteiger partial charge is 0.372 e. The number of imidazole rings is 1. The van der Waals surface area contributed by atoms with Gasteiger partial charge in [-0.25, -0.2) is 4.98 Å². The Morgan fingerprint density at radius 1 is 1.40 bits per heavy atom. The molecule has 1 saturated heterocycles. The van der Waals surface area contributed by atoms with Gasteiger partial charge in [0, 0.05) is 13.1 Å². The summed E-state index contributed by atoms with van der Waals surface area (Å²) in [5.74, 6) is -0.106. The van der Waals surface area contributed by atoms with E-state index in [0.717, 1.165) is 0 Å². The summed E-state index contributed by atoms with van der Waals surface area (Å²) < 4.78 is 6.98. The highest BCUT2D eigenvalue weighted by atomic mass is 16.5. The molecule has 1 aromatic heterocycles. The Labute approximate surface area is 117 Å². The molecule has 7 nitrogen and oxygen atoms in total. The summed E-state index contributed by atoms with van der Waals surface area (Å²) in [5, 5.41) is 17.8. The monoisotopic (exact) mass is 273 g/mol. The van der Waals surface area contributed by atoms with Gasteiger partial charge in [0.1, 0.15) is 18.7 Å². The minimum atomic E-state index is -0.106. The van der Waals surface area contributed by atoms with Crippen LogP contribution in [0.3, 0.4) is 0 Å². The van der Waals surface area contributed by atoms with E-state index in [1.54, 1.807) is 4.90 Å². The molecule has 1 fully saturated rings. The van der Waals surface area contributed by atoms with Gasteiger partial charge in [0.15, 0.2) is 11.4 Å². The van der Waals surface area contributed by atoms with Crippen LogP contribution >= 0.6 is 0 Å². The lowest BCUT2D eigenvalue weighted by molar-refractivity contribution is -0.143. The lowest BCUT2D eigenvalue weighted by atomic mass is 10.2. The second-order valence-electron chi connectivity index (χ2n) is 4.85. The molecule has 0 unspecified atom stereocenters. The highest BCUT2D eigenvalue weighted by Crippen LogP contribution is 2.12. The predicted molar refractivity (Wildman–Crippen MR) is 68.2 cm³/mol. The molecule has 1 aliphatic heterocycles. The summed E-state index contributed by atoms with van der Waals surface area (Å²) in [5.41, 5.74) is 0.166. The molecule has 2 heterocycles. The minimum absolute atomic E-state index is 0.00408. The van der Waals surface area contributed by atoms with Crippen LogP contribution in [0.15, 0.2) is 6.33 Å². The lowest BCUT2D eigenvalue weighted by Crippen LogP contribution is -2.49. The van der Waals surface area contributed by atoms with Gasteiger partial charge in [-0.15, -0.1) is 0 Å². The number of morpholine rings is 1. The summed E-state index contributed by atoms with van der Waals surface area (Å²) in [7, 11) is 0. The van der Waals surface area contributed by atoms with Gasteiger partial charge < -0.3 is 14.2 Å². The Bertz CT molecular complexity index is 585. The third-order valence-corrected chi connectivity index (χ3v) is 3.13. The van der Waals surface area contributed by atoms with Crippen molar-refractivity contribution in [3.8, 4) is 12.1 Å². The summed E-state index contributed by atoms with van der Waals surface area (Å²) in [6.45, 7) is 4.91. The van der Waals surface area contributed by atoms with Gasteiger partial charge >= 0.3 is 0 Å². The zero-order chi connectivity index (χ0) is 14.7. The number of rotatable bonds is 2. The van der Waals surface area contributed by atoms with Crippen LogP contribution in [-0.2, 0) is 16.1 Å². The number of amides is 1. The maximum absolute atomic E-state index is 12.3. The molecule has 7 heteroatoms. The Kier molecular flexibility index (Phi) is 4.02. The van der Waals surface area contributed by atoms with Gasteiger partial charge in [-0.3, -0.25) is 4.79 Å². The van der Waals surface area contributed by atoms with E-state index in [4.69, 9.17) is 15.3 Å². The van der Waals surface area contributed by atoms with Crippen LogP contribution in [-0.4, -0.2) is 45.7 Å². The van der Waals surface area contributed by atoms with Gasteiger partial charge in [0.05, 0.1) is 18.5 Å². The molecular weight excluding hydrogens is 258 g/mol. The zero-order valence-corrected chi connectivity index (χ0v) is 11.4. The number of nitriles is 2. The molecule has 1 aliphatic rings. The lowest BCUT2D eigenvalue weighted by Gasteiger charge is -2.35. The average Bonchev–Trinajstić information content (AvgIpc) is 2.79. The van der Waals surface area contributed by atoms with Crippen molar-refractivity contribution in [1.29, 1.82) is 10.5 Å². The molecule has 1 amide bonds. The van der Waals surface area contributed by atoms with Gasteiger partial charge in [-0.1, -0.05) is 0 Å². The van der Waals surface area contributed by atoms with Crippen molar-refractivity contribution in [2.75, 3.05) is 13.1 Å². The van der Waals surface area contributed by atoms with Crippen LogP contribution < -0.4 is 0 Å². The van der Waals surface area contributed by atoms with Crippen LogP contribution in [0.5, 0.6) is 0 Å². The fraction of sp³-hybridized carbons (Fsp3) is 0.538. The van der Waals surface area contributed by atoms with Crippen molar-refractivity contribution < 1.29 is 9.53 Å². The van der Waals surface area contributed by atoms with Crippen molar-refractivity contribution in [3.63, 3.8) is 0 Å². The summed E-state index contributed by atoms with van der Waals surface area (Å²) in [4.78, 5) is 17.8. The molecule has 0 saturated carbocycles. The van der Waals surface area contributed by atoms with Crippen LogP contribution in [0.25, 0.3) is 0 Å². The van der Waals surface area contributed by atoms with Gasteiger partial charge in [-0.2, -0.15) is 10.5 Å². The molecule has 2 atom stereocenters. The number of hydrogen-bond donors (Lipinski definition) is 0. The van der Waals surface area contributed by atoms with E-state index in [1.165, 1.54) is 10.9 Å². The normalized spacial score (nSPS) is 22.1. The number of ether oxygens (including phenoxy) is 1. The SMILES string of the molecule is C[C@@H]1CN(C(=O)Cn2cnc(C#N)c2C#N)C[C@@H](C)O1.